The van der Waals surface area contributed by atoms with Gasteiger partial charge in [-0.15, -0.1) is 0 Å². The summed E-state index contributed by atoms with van der Waals surface area (Å²) >= 11 is 0. The monoisotopic (exact) mass is 388 g/mol. The molecule has 140 valence electrons. The third-order valence-electron chi connectivity index (χ3n) is 4.57. The van der Waals surface area contributed by atoms with Crippen LogP contribution >= 0.6 is 0 Å². The van der Waals surface area contributed by atoms with Gasteiger partial charge in [0.25, 0.3) is 10.0 Å². The number of sulfonamides is 1. The molecule has 0 amide bonds. The second kappa shape index (κ2) is 6.70. The van der Waals surface area contributed by atoms with Crippen molar-refractivity contribution in [1.29, 1.82) is 0 Å². The smallest absolute Gasteiger partial charge is 0.363 e. The molecule has 0 spiro atoms. The van der Waals surface area contributed by atoms with Crippen LogP contribution in [0, 0.1) is 5.82 Å². The third kappa shape index (κ3) is 3.28. The van der Waals surface area contributed by atoms with Crippen molar-refractivity contribution in [3.8, 4) is 0 Å². The van der Waals surface area contributed by atoms with E-state index in [0.717, 1.165) is 50.2 Å². The molecule has 1 N–H and O–H groups in total. The second-order valence-electron chi connectivity index (χ2n) is 6.36. The summed E-state index contributed by atoms with van der Waals surface area (Å²) in [5, 5.41) is 0.663. The zero-order chi connectivity index (χ0) is 19.0. The van der Waals surface area contributed by atoms with Crippen LogP contribution in [0.1, 0.15) is 12.8 Å². The SMILES string of the molecule is O=c1oc2ccccc2c(N2CCCC2)c1NS(=O)(=O)c1ccc(F)cc1. The van der Waals surface area contributed by atoms with Crippen LogP contribution in [-0.2, 0) is 10.0 Å². The van der Waals surface area contributed by atoms with Gasteiger partial charge in [-0.2, -0.15) is 0 Å². The van der Waals surface area contributed by atoms with Gasteiger partial charge in [0.1, 0.15) is 11.4 Å². The molecule has 27 heavy (non-hydrogen) atoms. The number of hydrogen-bond acceptors (Lipinski definition) is 5. The molecule has 0 saturated carbocycles. The highest BCUT2D eigenvalue weighted by Crippen LogP contribution is 2.35. The Morgan fingerprint density at radius 1 is 1.00 bits per heavy atom. The van der Waals surface area contributed by atoms with Crippen LogP contribution < -0.4 is 15.2 Å². The lowest BCUT2D eigenvalue weighted by Gasteiger charge is -2.22. The third-order valence-corrected chi connectivity index (χ3v) is 5.93. The standard InChI is InChI=1S/C19H17FN2O4S/c20-13-7-9-14(10-8-13)27(24,25)21-17-18(22-11-3-4-12-22)15-5-1-2-6-16(15)26-19(17)23/h1-2,5-10,21H,3-4,11-12H2. The van der Waals surface area contributed by atoms with Gasteiger partial charge >= 0.3 is 5.63 Å². The van der Waals surface area contributed by atoms with E-state index in [0.29, 0.717) is 16.7 Å². The number of para-hydroxylation sites is 1. The first-order valence-corrected chi connectivity index (χ1v) is 10.0. The topological polar surface area (TPSA) is 79.6 Å². The van der Waals surface area contributed by atoms with E-state index >= 15 is 0 Å². The molecule has 1 aliphatic heterocycles. The predicted octanol–water partition coefficient (Wildman–Crippen LogP) is 3.33. The number of fused-ring (bicyclic) bond motifs is 1. The molecule has 1 saturated heterocycles. The highest BCUT2D eigenvalue weighted by atomic mass is 32.2. The lowest BCUT2D eigenvalue weighted by Crippen LogP contribution is -2.25. The van der Waals surface area contributed by atoms with E-state index in [4.69, 9.17) is 4.42 Å². The van der Waals surface area contributed by atoms with Crippen molar-refractivity contribution in [3.05, 3.63) is 64.8 Å². The maximum atomic E-state index is 13.1. The molecule has 0 radical (unpaired) electrons. The van der Waals surface area contributed by atoms with Crippen LogP contribution in [0.4, 0.5) is 15.8 Å². The van der Waals surface area contributed by atoms with Gasteiger partial charge in [0.05, 0.1) is 10.6 Å². The van der Waals surface area contributed by atoms with Crippen molar-refractivity contribution < 1.29 is 17.2 Å². The average Bonchev–Trinajstić information content (AvgIpc) is 3.17. The summed E-state index contributed by atoms with van der Waals surface area (Å²) in [6.45, 7) is 1.44. The van der Waals surface area contributed by atoms with E-state index in [-0.39, 0.29) is 10.6 Å². The lowest BCUT2D eigenvalue weighted by atomic mass is 10.1. The first-order chi connectivity index (χ1) is 13.0. The van der Waals surface area contributed by atoms with Crippen molar-refractivity contribution in [3.63, 3.8) is 0 Å². The van der Waals surface area contributed by atoms with Gasteiger partial charge in [-0.3, -0.25) is 4.72 Å². The van der Waals surface area contributed by atoms with Gasteiger partial charge in [-0.05, 0) is 49.2 Å². The largest absolute Gasteiger partial charge is 0.421 e. The molecular weight excluding hydrogens is 371 g/mol. The molecule has 0 atom stereocenters. The molecule has 1 fully saturated rings. The summed E-state index contributed by atoms with van der Waals surface area (Å²) in [7, 11) is -4.08. The fraction of sp³-hybridized carbons (Fsp3) is 0.211. The van der Waals surface area contributed by atoms with Crippen LogP contribution in [0.15, 0.2) is 62.6 Å². The first-order valence-electron chi connectivity index (χ1n) is 8.55. The average molecular weight is 388 g/mol. The number of hydrogen-bond donors (Lipinski definition) is 1. The van der Waals surface area contributed by atoms with Crippen LogP contribution in [0.3, 0.4) is 0 Å². The van der Waals surface area contributed by atoms with Crippen molar-refractivity contribution in [2.45, 2.75) is 17.7 Å². The molecule has 6 nitrogen and oxygen atoms in total. The Hall–Kier alpha value is -2.87. The Balaban J connectivity index is 1.88. The van der Waals surface area contributed by atoms with Crippen molar-refractivity contribution in [1.82, 2.24) is 0 Å². The summed E-state index contributed by atoms with van der Waals surface area (Å²) < 4.78 is 46.3. The van der Waals surface area contributed by atoms with Crippen molar-refractivity contribution >= 4 is 32.4 Å². The minimum atomic E-state index is -4.08. The van der Waals surface area contributed by atoms with Crippen LogP contribution in [0.25, 0.3) is 11.0 Å². The minimum absolute atomic E-state index is 0.125. The normalized spacial score (nSPS) is 14.6. The highest BCUT2D eigenvalue weighted by Gasteiger charge is 2.26. The number of nitrogens with one attached hydrogen (secondary N) is 1. The van der Waals surface area contributed by atoms with Gasteiger partial charge in [0.15, 0.2) is 5.69 Å². The summed E-state index contributed by atoms with van der Waals surface area (Å²) in [5.74, 6) is -0.545. The molecule has 0 aliphatic carbocycles. The number of benzene rings is 2. The zero-order valence-corrected chi connectivity index (χ0v) is 15.1. The number of anilines is 2. The molecule has 2 aromatic carbocycles. The van der Waals surface area contributed by atoms with Gasteiger partial charge in [-0.25, -0.2) is 17.6 Å². The van der Waals surface area contributed by atoms with Crippen molar-refractivity contribution in [2.24, 2.45) is 0 Å². The Morgan fingerprint density at radius 2 is 1.67 bits per heavy atom. The second-order valence-corrected chi connectivity index (χ2v) is 8.05. The molecule has 1 aliphatic rings. The molecular formula is C19H17FN2O4S. The number of rotatable bonds is 4. The Bertz CT molecular complexity index is 1150. The Labute approximate surface area is 155 Å². The molecule has 1 aromatic heterocycles. The summed E-state index contributed by atoms with van der Waals surface area (Å²) in [6.07, 6.45) is 1.91. The maximum Gasteiger partial charge on any atom is 0.363 e. The number of nitrogens with zero attached hydrogens (tertiary/aromatic N) is 1. The number of halogens is 1. The molecule has 3 aromatic rings. The zero-order valence-electron chi connectivity index (χ0n) is 14.3. The van der Waals surface area contributed by atoms with Gasteiger partial charge in [0.2, 0.25) is 0 Å². The van der Waals surface area contributed by atoms with E-state index < -0.39 is 21.5 Å². The maximum absolute atomic E-state index is 13.1. The van der Waals surface area contributed by atoms with E-state index in [2.05, 4.69) is 4.72 Å². The molecule has 2 heterocycles. The van der Waals surface area contributed by atoms with Crippen LogP contribution in [-0.4, -0.2) is 21.5 Å². The van der Waals surface area contributed by atoms with E-state index in [1.54, 1.807) is 24.3 Å². The fourth-order valence-corrected chi connectivity index (χ4v) is 4.36. The molecule has 0 unspecified atom stereocenters. The van der Waals surface area contributed by atoms with E-state index in [1.165, 1.54) is 0 Å². The van der Waals surface area contributed by atoms with Crippen LogP contribution in [0.2, 0.25) is 0 Å². The summed E-state index contributed by atoms with van der Waals surface area (Å²) in [6, 6.07) is 11.4. The quantitative estimate of drug-likeness (QED) is 0.694. The van der Waals surface area contributed by atoms with Crippen LogP contribution in [0.5, 0.6) is 0 Å². The fourth-order valence-electron chi connectivity index (χ4n) is 3.30. The van der Waals surface area contributed by atoms with Gasteiger partial charge in [0, 0.05) is 18.5 Å². The highest BCUT2D eigenvalue weighted by molar-refractivity contribution is 7.92. The summed E-state index contributed by atoms with van der Waals surface area (Å²) in [4.78, 5) is 14.4. The Morgan fingerprint density at radius 3 is 2.37 bits per heavy atom. The first kappa shape index (κ1) is 17.5. The lowest BCUT2D eigenvalue weighted by molar-refractivity contribution is 0.562. The summed E-state index contributed by atoms with van der Waals surface area (Å²) in [5.41, 5.74) is 0.0281. The Kier molecular flexibility index (Phi) is 4.35. The molecule has 4 rings (SSSR count). The van der Waals surface area contributed by atoms with Gasteiger partial charge in [-0.1, -0.05) is 12.1 Å². The minimum Gasteiger partial charge on any atom is -0.421 e. The van der Waals surface area contributed by atoms with Gasteiger partial charge < -0.3 is 9.32 Å². The van der Waals surface area contributed by atoms with E-state index in [9.17, 15) is 17.6 Å². The molecule has 8 heteroatoms. The molecule has 0 bridgehead atoms. The van der Waals surface area contributed by atoms with Crippen molar-refractivity contribution in [2.75, 3.05) is 22.7 Å². The van der Waals surface area contributed by atoms with E-state index in [1.807, 2.05) is 4.90 Å². The predicted molar refractivity (Wildman–Crippen MR) is 101 cm³/mol.